The van der Waals surface area contributed by atoms with Gasteiger partial charge in [-0.05, 0) is 19.4 Å². The van der Waals surface area contributed by atoms with Gasteiger partial charge >= 0.3 is 5.97 Å². The largest absolute Gasteiger partial charge is 0.465 e. The molecule has 1 N–H and O–H groups in total. The summed E-state index contributed by atoms with van der Waals surface area (Å²) in [5, 5.41) is 4.17. The molecule has 124 valence electrons. The first kappa shape index (κ1) is 16.1. The summed E-state index contributed by atoms with van der Waals surface area (Å²) in [6.07, 6.45) is -0.00640. The van der Waals surface area contributed by atoms with Gasteiger partial charge in [0.15, 0.2) is 0 Å². The molecule has 0 aliphatic carbocycles. The van der Waals surface area contributed by atoms with Gasteiger partial charge in [0.2, 0.25) is 0 Å². The number of hydrogen-bond donors (Lipinski definition) is 1. The number of methoxy groups -OCH3 is 1. The van der Waals surface area contributed by atoms with E-state index in [0.29, 0.717) is 42.9 Å². The fraction of sp³-hybridized carbons (Fsp3) is 0.533. The molecule has 2 aromatic rings. The maximum absolute atomic E-state index is 11.9. The molecule has 1 atom stereocenters. The molecule has 23 heavy (non-hydrogen) atoms. The zero-order valence-electron chi connectivity index (χ0n) is 13.3. The number of nitrogens with one attached hydrogen (secondary N) is 1. The summed E-state index contributed by atoms with van der Waals surface area (Å²) in [6.45, 7) is 6.12. The van der Waals surface area contributed by atoms with Crippen LogP contribution in [0.4, 0.5) is 5.82 Å². The van der Waals surface area contributed by atoms with Gasteiger partial charge in [-0.3, -0.25) is 0 Å². The van der Waals surface area contributed by atoms with Crippen molar-refractivity contribution in [3.63, 3.8) is 0 Å². The third kappa shape index (κ3) is 3.29. The minimum absolute atomic E-state index is 0.00640. The van der Waals surface area contributed by atoms with E-state index in [4.69, 9.17) is 14.2 Å². The highest BCUT2D eigenvalue weighted by atomic mass is 32.1. The third-order valence-electron chi connectivity index (χ3n) is 3.65. The number of hydrogen-bond acceptors (Lipinski definition) is 8. The van der Waals surface area contributed by atoms with E-state index >= 15 is 0 Å². The fourth-order valence-corrected chi connectivity index (χ4v) is 3.67. The van der Waals surface area contributed by atoms with Crippen molar-refractivity contribution in [1.82, 2.24) is 9.97 Å². The molecule has 7 nitrogen and oxygen atoms in total. The molecule has 0 aromatic carbocycles. The second-order valence-corrected chi connectivity index (χ2v) is 6.30. The molecule has 1 unspecified atom stereocenters. The van der Waals surface area contributed by atoms with Crippen molar-refractivity contribution < 1.29 is 19.0 Å². The molecule has 1 aliphatic heterocycles. The number of rotatable bonds is 4. The maximum Gasteiger partial charge on any atom is 0.348 e. The van der Waals surface area contributed by atoms with Crippen molar-refractivity contribution >= 4 is 33.3 Å². The van der Waals surface area contributed by atoms with Gasteiger partial charge in [-0.15, -0.1) is 11.3 Å². The Balaban J connectivity index is 1.91. The Hall–Kier alpha value is -1.77. The molecule has 1 aliphatic rings. The van der Waals surface area contributed by atoms with Gasteiger partial charge in [0.25, 0.3) is 0 Å². The third-order valence-corrected chi connectivity index (χ3v) is 4.82. The van der Waals surface area contributed by atoms with E-state index < -0.39 is 0 Å². The summed E-state index contributed by atoms with van der Waals surface area (Å²) in [4.78, 5) is 22.1. The van der Waals surface area contributed by atoms with Crippen LogP contribution in [-0.2, 0) is 14.2 Å². The van der Waals surface area contributed by atoms with Crippen LogP contribution in [0.15, 0.2) is 0 Å². The van der Waals surface area contributed by atoms with E-state index in [1.807, 2.05) is 13.8 Å². The minimum Gasteiger partial charge on any atom is -0.465 e. The fourth-order valence-electron chi connectivity index (χ4n) is 2.53. The van der Waals surface area contributed by atoms with Gasteiger partial charge in [-0.2, -0.15) is 0 Å². The van der Waals surface area contributed by atoms with Crippen LogP contribution in [0.25, 0.3) is 10.2 Å². The molecule has 0 spiro atoms. The average molecular weight is 337 g/mol. The molecule has 2 aromatic heterocycles. The molecule has 0 bridgehead atoms. The van der Waals surface area contributed by atoms with E-state index in [1.54, 1.807) is 0 Å². The number of aromatic nitrogens is 2. The van der Waals surface area contributed by atoms with Crippen LogP contribution in [0.1, 0.15) is 21.1 Å². The number of carbonyl (C=O) groups is 1. The first-order chi connectivity index (χ1) is 11.1. The Morgan fingerprint density at radius 3 is 2.91 bits per heavy atom. The number of aryl methyl sites for hydroxylation is 2. The first-order valence-electron chi connectivity index (χ1n) is 7.39. The van der Waals surface area contributed by atoms with Gasteiger partial charge in [0, 0.05) is 6.54 Å². The van der Waals surface area contributed by atoms with Gasteiger partial charge in [0.05, 0.1) is 38.4 Å². The van der Waals surface area contributed by atoms with Gasteiger partial charge < -0.3 is 19.5 Å². The van der Waals surface area contributed by atoms with Crippen LogP contribution < -0.4 is 5.32 Å². The smallest absolute Gasteiger partial charge is 0.348 e. The van der Waals surface area contributed by atoms with Crippen LogP contribution in [0.3, 0.4) is 0 Å². The lowest BCUT2D eigenvalue weighted by Crippen LogP contribution is -2.34. The monoisotopic (exact) mass is 337 g/mol. The minimum atomic E-state index is -0.349. The van der Waals surface area contributed by atoms with E-state index in [9.17, 15) is 4.79 Å². The number of anilines is 1. The standard InChI is InChI=1S/C15H19N3O4S/c1-8-11-13(16-6-10-7-21-4-5-22-10)17-9(2)18-14(11)23-12(8)15(19)20-3/h10H,4-7H2,1-3H3,(H,16,17,18). The van der Waals surface area contributed by atoms with Crippen LogP contribution >= 0.6 is 11.3 Å². The second kappa shape index (κ2) is 6.77. The highest BCUT2D eigenvalue weighted by Crippen LogP contribution is 2.34. The summed E-state index contributed by atoms with van der Waals surface area (Å²) in [5.74, 6) is 1.02. The van der Waals surface area contributed by atoms with Gasteiger partial charge in [-0.25, -0.2) is 14.8 Å². The summed E-state index contributed by atoms with van der Waals surface area (Å²) in [6, 6.07) is 0. The van der Waals surface area contributed by atoms with E-state index in [0.717, 1.165) is 15.8 Å². The number of thiophene rings is 1. The Kier molecular flexibility index (Phi) is 4.74. The number of nitrogens with zero attached hydrogens (tertiary/aromatic N) is 2. The normalized spacial score (nSPS) is 18.1. The van der Waals surface area contributed by atoms with Gasteiger partial charge in [-0.1, -0.05) is 0 Å². The van der Waals surface area contributed by atoms with Crippen LogP contribution in [0, 0.1) is 13.8 Å². The second-order valence-electron chi connectivity index (χ2n) is 5.30. The summed E-state index contributed by atoms with van der Waals surface area (Å²) in [7, 11) is 1.38. The van der Waals surface area contributed by atoms with E-state index in [1.165, 1.54) is 18.4 Å². The Morgan fingerprint density at radius 2 is 2.22 bits per heavy atom. The van der Waals surface area contributed by atoms with E-state index in [-0.39, 0.29) is 12.1 Å². The quantitative estimate of drug-likeness (QED) is 0.854. The molecule has 0 saturated carbocycles. The summed E-state index contributed by atoms with van der Waals surface area (Å²) >= 11 is 1.32. The van der Waals surface area contributed by atoms with Crippen LogP contribution in [0.5, 0.6) is 0 Å². The molecule has 3 heterocycles. The number of ether oxygens (including phenoxy) is 3. The van der Waals surface area contributed by atoms with Crippen molar-refractivity contribution in [1.29, 1.82) is 0 Å². The molecule has 1 fully saturated rings. The molecular weight excluding hydrogens is 318 g/mol. The molecule has 8 heteroatoms. The predicted octanol–water partition coefficient (Wildman–Crippen LogP) is 1.92. The lowest BCUT2D eigenvalue weighted by atomic mass is 10.2. The number of carbonyl (C=O) groups excluding carboxylic acids is 1. The number of esters is 1. The van der Waals surface area contributed by atoms with Crippen LogP contribution in [0.2, 0.25) is 0 Å². The topological polar surface area (TPSA) is 82.6 Å². The van der Waals surface area contributed by atoms with E-state index in [2.05, 4.69) is 15.3 Å². The van der Waals surface area contributed by atoms with Crippen molar-refractivity contribution in [3.8, 4) is 0 Å². The van der Waals surface area contributed by atoms with Crippen molar-refractivity contribution in [2.24, 2.45) is 0 Å². The predicted molar refractivity (Wildman–Crippen MR) is 87.3 cm³/mol. The Morgan fingerprint density at radius 1 is 1.39 bits per heavy atom. The summed E-state index contributed by atoms with van der Waals surface area (Å²) in [5.41, 5.74) is 0.833. The highest BCUT2D eigenvalue weighted by molar-refractivity contribution is 7.20. The molecule has 3 rings (SSSR count). The lowest BCUT2D eigenvalue weighted by molar-refractivity contribution is -0.0819. The number of fused-ring (bicyclic) bond motifs is 1. The van der Waals surface area contributed by atoms with Crippen molar-refractivity contribution in [3.05, 3.63) is 16.3 Å². The zero-order valence-corrected chi connectivity index (χ0v) is 14.2. The molecule has 0 radical (unpaired) electrons. The average Bonchev–Trinajstić information content (AvgIpc) is 2.89. The molecular formula is C15H19N3O4S. The summed E-state index contributed by atoms with van der Waals surface area (Å²) < 4.78 is 15.9. The zero-order chi connectivity index (χ0) is 16.4. The molecule has 1 saturated heterocycles. The van der Waals surface area contributed by atoms with Crippen LogP contribution in [-0.4, -0.2) is 55.5 Å². The van der Waals surface area contributed by atoms with Crippen molar-refractivity contribution in [2.45, 2.75) is 20.0 Å². The Bertz CT molecular complexity index is 725. The van der Waals surface area contributed by atoms with Crippen molar-refractivity contribution in [2.75, 3.05) is 38.8 Å². The SMILES string of the molecule is COC(=O)c1sc2nc(C)nc(NCC3COCCO3)c2c1C. The Labute approximate surface area is 138 Å². The lowest BCUT2D eigenvalue weighted by Gasteiger charge is -2.23. The van der Waals surface area contributed by atoms with Gasteiger partial charge in [0.1, 0.15) is 21.3 Å². The molecule has 0 amide bonds. The maximum atomic E-state index is 11.9. The highest BCUT2D eigenvalue weighted by Gasteiger charge is 2.21. The first-order valence-corrected chi connectivity index (χ1v) is 8.21.